The fourth-order valence-corrected chi connectivity index (χ4v) is 2.53. The molecule has 0 aromatic heterocycles. The van der Waals surface area contributed by atoms with Gasteiger partial charge in [-0.2, -0.15) is 0 Å². The lowest BCUT2D eigenvalue weighted by Crippen LogP contribution is -2.48. The average Bonchev–Trinajstić information content (AvgIpc) is 2.65. The molecule has 2 fully saturated rings. The zero-order chi connectivity index (χ0) is 10.8. The summed E-state index contributed by atoms with van der Waals surface area (Å²) >= 11 is 0. The second-order valence-corrected chi connectivity index (χ2v) is 4.90. The van der Waals surface area contributed by atoms with Crippen molar-refractivity contribution >= 4 is 18.3 Å². The highest BCUT2D eigenvalue weighted by molar-refractivity contribution is 5.85. The van der Waals surface area contributed by atoms with Gasteiger partial charge in [-0.1, -0.05) is 0 Å². The molecule has 1 heterocycles. The topological polar surface area (TPSA) is 49.6 Å². The summed E-state index contributed by atoms with van der Waals surface area (Å²) in [6.45, 7) is 3.79. The molecule has 1 aliphatic heterocycles. The second-order valence-electron chi connectivity index (χ2n) is 4.90. The monoisotopic (exact) mass is 247 g/mol. The smallest absolute Gasteiger partial charge is 0.225 e. The third-order valence-corrected chi connectivity index (χ3v) is 3.64. The number of nitrogens with zero attached hydrogens (tertiary/aromatic N) is 2. The normalized spacial score (nSPS) is 31.2. The summed E-state index contributed by atoms with van der Waals surface area (Å²) in [6.07, 6.45) is 2.90. The Labute approximate surface area is 104 Å². The molecule has 1 saturated carbocycles. The number of likely N-dealkylation sites (N-methyl/N-ethyl adjacent to an activating group) is 1. The van der Waals surface area contributed by atoms with Gasteiger partial charge in [0.05, 0.1) is 0 Å². The first-order chi connectivity index (χ1) is 7.16. The van der Waals surface area contributed by atoms with Crippen LogP contribution in [-0.2, 0) is 4.79 Å². The van der Waals surface area contributed by atoms with Crippen LogP contribution in [0.25, 0.3) is 0 Å². The van der Waals surface area contributed by atoms with Crippen molar-refractivity contribution in [2.24, 2.45) is 11.7 Å². The fourth-order valence-electron chi connectivity index (χ4n) is 2.53. The van der Waals surface area contributed by atoms with Gasteiger partial charge < -0.3 is 15.5 Å². The summed E-state index contributed by atoms with van der Waals surface area (Å²) in [5.41, 5.74) is 5.84. The molecule has 0 spiro atoms. The molecular formula is C11H22ClN3O. The van der Waals surface area contributed by atoms with Gasteiger partial charge in [0.2, 0.25) is 5.91 Å². The SMILES string of the molecule is CN1CCN(C(=O)C2CCC(N)C2)CC1.Cl. The van der Waals surface area contributed by atoms with Crippen molar-refractivity contribution in [3.05, 3.63) is 0 Å². The highest BCUT2D eigenvalue weighted by Gasteiger charge is 2.31. The minimum atomic E-state index is 0. The number of rotatable bonds is 1. The van der Waals surface area contributed by atoms with E-state index in [0.717, 1.165) is 45.4 Å². The Hall–Kier alpha value is -0.320. The molecule has 16 heavy (non-hydrogen) atoms. The van der Waals surface area contributed by atoms with Crippen LogP contribution in [0, 0.1) is 5.92 Å². The first-order valence-electron chi connectivity index (χ1n) is 5.89. The van der Waals surface area contributed by atoms with Crippen molar-refractivity contribution in [3.8, 4) is 0 Å². The number of carbonyl (C=O) groups excluding carboxylic acids is 1. The number of amides is 1. The van der Waals surface area contributed by atoms with Gasteiger partial charge in [0.1, 0.15) is 0 Å². The van der Waals surface area contributed by atoms with Crippen LogP contribution < -0.4 is 5.73 Å². The molecular weight excluding hydrogens is 226 g/mol. The van der Waals surface area contributed by atoms with Gasteiger partial charge in [0.15, 0.2) is 0 Å². The summed E-state index contributed by atoms with van der Waals surface area (Å²) in [5, 5.41) is 0. The maximum atomic E-state index is 12.1. The Morgan fingerprint density at radius 1 is 1.19 bits per heavy atom. The second kappa shape index (κ2) is 5.84. The first-order valence-corrected chi connectivity index (χ1v) is 5.89. The summed E-state index contributed by atoms with van der Waals surface area (Å²) in [7, 11) is 2.10. The molecule has 5 heteroatoms. The predicted octanol–water partition coefficient (Wildman–Crippen LogP) is 0.310. The first kappa shape index (κ1) is 13.7. The van der Waals surface area contributed by atoms with Gasteiger partial charge in [-0.3, -0.25) is 4.79 Å². The number of halogens is 1. The quantitative estimate of drug-likeness (QED) is 0.726. The number of piperazine rings is 1. The van der Waals surface area contributed by atoms with Gasteiger partial charge in [-0.05, 0) is 26.3 Å². The van der Waals surface area contributed by atoms with Crippen molar-refractivity contribution in [2.75, 3.05) is 33.2 Å². The molecule has 0 radical (unpaired) electrons. The molecule has 0 bridgehead atoms. The van der Waals surface area contributed by atoms with Gasteiger partial charge in [-0.15, -0.1) is 12.4 Å². The Kier molecular flexibility index (Phi) is 5.02. The van der Waals surface area contributed by atoms with E-state index >= 15 is 0 Å². The molecule has 4 nitrogen and oxygen atoms in total. The van der Waals surface area contributed by atoms with Gasteiger partial charge in [0, 0.05) is 38.1 Å². The third-order valence-electron chi connectivity index (χ3n) is 3.64. The molecule has 0 aromatic rings. The zero-order valence-electron chi connectivity index (χ0n) is 9.89. The molecule has 94 valence electrons. The van der Waals surface area contributed by atoms with Gasteiger partial charge in [-0.25, -0.2) is 0 Å². The minimum Gasteiger partial charge on any atom is -0.340 e. The van der Waals surface area contributed by atoms with E-state index in [4.69, 9.17) is 5.73 Å². The number of carbonyl (C=O) groups is 1. The van der Waals surface area contributed by atoms with Crippen LogP contribution in [0.3, 0.4) is 0 Å². The summed E-state index contributed by atoms with van der Waals surface area (Å²) in [6, 6.07) is 0.256. The van der Waals surface area contributed by atoms with Crippen molar-refractivity contribution in [3.63, 3.8) is 0 Å². The van der Waals surface area contributed by atoms with E-state index in [1.807, 2.05) is 4.90 Å². The Bertz CT molecular complexity index is 241. The summed E-state index contributed by atoms with van der Waals surface area (Å²) < 4.78 is 0. The lowest BCUT2D eigenvalue weighted by atomic mass is 10.1. The molecule has 2 unspecified atom stereocenters. The molecule has 1 saturated heterocycles. The zero-order valence-corrected chi connectivity index (χ0v) is 10.7. The van der Waals surface area contributed by atoms with Crippen molar-refractivity contribution in [2.45, 2.75) is 25.3 Å². The van der Waals surface area contributed by atoms with E-state index in [9.17, 15) is 4.79 Å². The van der Waals surface area contributed by atoms with Gasteiger partial charge in [0.25, 0.3) is 0 Å². The Morgan fingerprint density at radius 3 is 2.31 bits per heavy atom. The average molecular weight is 248 g/mol. The van der Waals surface area contributed by atoms with Crippen LogP contribution in [0.2, 0.25) is 0 Å². The summed E-state index contributed by atoms with van der Waals surface area (Å²) in [5.74, 6) is 0.555. The Morgan fingerprint density at radius 2 is 1.81 bits per heavy atom. The van der Waals surface area contributed by atoms with E-state index in [-0.39, 0.29) is 24.4 Å². The van der Waals surface area contributed by atoms with E-state index in [1.54, 1.807) is 0 Å². The minimum absolute atomic E-state index is 0. The van der Waals surface area contributed by atoms with Crippen LogP contribution in [0.15, 0.2) is 0 Å². The van der Waals surface area contributed by atoms with Gasteiger partial charge >= 0.3 is 0 Å². The largest absolute Gasteiger partial charge is 0.340 e. The third kappa shape index (κ3) is 3.09. The van der Waals surface area contributed by atoms with E-state index in [1.165, 1.54) is 0 Å². The molecule has 1 aliphatic carbocycles. The fraction of sp³-hybridized carbons (Fsp3) is 0.909. The molecule has 2 rings (SSSR count). The molecule has 2 N–H and O–H groups in total. The maximum absolute atomic E-state index is 12.1. The van der Waals surface area contributed by atoms with E-state index in [0.29, 0.717) is 5.91 Å². The lowest BCUT2D eigenvalue weighted by Gasteiger charge is -2.34. The van der Waals surface area contributed by atoms with E-state index < -0.39 is 0 Å². The summed E-state index contributed by atoms with van der Waals surface area (Å²) in [4.78, 5) is 16.4. The Balaban J connectivity index is 0.00000128. The molecule has 0 aromatic carbocycles. The van der Waals surface area contributed by atoms with Crippen LogP contribution in [0.4, 0.5) is 0 Å². The van der Waals surface area contributed by atoms with Crippen LogP contribution in [0.1, 0.15) is 19.3 Å². The van der Waals surface area contributed by atoms with Crippen molar-refractivity contribution in [1.29, 1.82) is 0 Å². The highest BCUT2D eigenvalue weighted by Crippen LogP contribution is 2.26. The lowest BCUT2D eigenvalue weighted by molar-refractivity contribution is -0.136. The number of hydrogen-bond acceptors (Lipinski definition) is 3. The molecule has 2 atom stereocenters. The molecule has 2 aliphatic rings. The van der Waals surface area contributed by atoms with E-state index in [2.05, 4.69) is 11.9 Å². The van der Waals surface area contributed by atoms with Crippen molar-refractivity contribution in [1.82, 2.24) is 9.80 Å². The maximum Gasteiger partial charge on any atom is 0.225 e. The molecule has 1 amide bonds. The predicted molar refractivity (Wildman–Crippen MR) is 66.6 cm³/mol. The van der Waals surface area contributed by atoms with Crippen LogP contribution >= 0.6 is 12.4 Å². The van der Waals surface area contributed by atoms with Crippen molar-refractivity contribution < 1.29 is 4.79 Å². The standard InChI is InChI=1S/C11H21N3O.ClH/c1-13-4-6-14(7-5-13)11(15)9-2-3-10(12)8-9;/h9-10H,2-8,12H2,1H3;1H. The number of hydrogen-bond donors (Lipinski definition) is 1. The van der Waals surface area contributed by atoms with Crippen LogP contribution in [0.5, 0.6) is 0 Å². The number of nitrogens with two attached hydrogens (primary N) is 1. The highest BCUT2D eigenvalue weighted by atomic mass is 35.5. The van der Waals surface area contributed by atoms with Crippen LogP contribution in [-0.4, -0.2) is 55.0 Å².